The zero-order valence-corrected chi connectivity index (χ0v) is 27.3. The average molecular weight is 583 g/mol. The van der Waals surface area contributed by atoms with Crippen molar-refractivity contribution in [2.75, 3.05) is 6.54 Å². The standard InChI is InChI=1S/C37H45FN2O.C2H6/c1-7-30-22-25(2)13-17-32(30)20-16-28-14-18-31(19-15-28)27(4)40-21-9-12-34(35(40)36(39)41)26(3)23-29-10-8-11-33(24-29)37(5,6)38;1-2/h8,10-15,17-19,22,24,27,35H,3,7,9,16,20-21,23H2,1-2,4-6H3,(H2,39,41);1-2H3. The Morgan fingerprint density at radius 3 is 2.35 bits per heavy atom. The molecule has 0 saturated heterocycles. The molecule has 3 aromatic rings. The zero-order valence-electron chi connectivity index (χ0n) is 27.3. The van der Waals surface area contributed by atoms with Crippen LogP contribution in [0.4, 0.5) is 4.39 Å². The molecular formula is C39H51FN2O. The number of alkyl halides is 1. The number of rotatable bonds is 11. The van der Waals surface area contributed by atoms with E-state index in [1.807, 2.05) is 32.0 Å². The maximum absolute atomic E-state index is 14.6. The maximum Gasteiger partial charge on any atom is 0.239 e. The summed E-state index contributed by atoms with van der Waals surface area (Å²) in [6.07, 6.45) is 6.52. The number of carbonyl (C=O) groups excluding carboxylic acids is 1. The Kier molecular flexibility index (Phi) is 12.1. The number of hydrogen-bond donors (Lipinski definition) is 1. The lowest BCUT2D eigenvalue weighted by Gasteiger charge is -2.39. The highest BCUT2D eigenvalue weighted by Crippen LogP contribution is 2.33. The Balaban J connectivity index is 0.00000248. The number of halogens is 1. The molecule has 2 unspecified atom stereocenters. The fraction of sp³-hybridized carbons (Fsp3) is 0.410. The van der Waals surface area contributed by atoms with Crippen LogP contribution in [0, 0.1) is 6.92 Å². The van der Waals surface area contributed by atoms with Gasteiger partial charge >= 0.3 is 0 Å². The number of benzene rings is 3. The maximum atomic E-state index is 14.6. The second-order valence-corrected chi connectivity index (χ2v) is 12.0. The van der Waals surface area contributed by atoms with Gasteiger partial charge in [-0.15, -0.1) is 0 Å². The summed E-state index contributed by atoms with van der Waals surface area (Å²) in [6, 6.07) is 22.6. The van der Waals surface area contributed by atoms with Gasteiger partial charge in [-0.3, -0.25) is 9.69 Å². The summed E-state index contributed by atoms with van der Waals surface area (Å²) in [5.41, 5.74) is 14.6. The summed E-state index contributed by atoms with van der Waals surface area (Å²) in [4.78, 5) is 15.0. The Labute approximate surface area is 259 Å². The number of nitrogens with zero attached hydrogens (tertiary/aromatic N) is 1. The van der Waals surface area contributed by atoms with E-state index in [1.54, 1.807) is 19.9 Å². The van der Waals surface area contributed by atoms with E-state index in [2.05, 4.69) is 80.8 Å². The van der Waals surface area contributed by atoms with Gasteiger partial charge in [0.2, 0.25) is 5.91 Å². The summed E-state index contributed by atoms with van der Waals surface area (Å²) in [5, 5.41) is 0. The van der Waals surface area contributed by atoms with E-state index in [0.29, 0.717) is 12.0 Å². The van der Waals surface area contributed by atoms with Crippen LogP contribution in [-0.2, 0) is 36.1 Å². The number of primary amides is 1. The normalized spacial score (nSPS) is 16.1. The molecule has 0 spiro atoms. The fourth-order valence-corrected chi connectivity index (χ4v) is 6.02. The predicted octanol–water partition coefficient (Wildman–Crippen LogP) is 8.92. The minimum Gasteiger partial charge on any atom is -0.368 e. The van der Waals surface area contributed by atoms with Crippen LogP contribution in [0.3, 0.4) is 0 Å². The largest absolute Gasteiger partial charge is 0.368 e. The molecule has 43 heavy (non-hydrogen) atoms. The Hall–Kier alpha value is -3.50. The molecule has 0 saturated carbocycles. The van der Waals surface area contributed by atoms with Gasteiger partial charge in [0, 0.05) is 12.6 Å². The van der Waals surface area contributed by atoms with Gasteiger partial charge in [-0.25, -0.2) is 4.39 Å². The molecule has 4 rings (SSSR count). The highest BCUT2D eigenvalue weighted by molar-refractivity contribution is 5.85. The number of amides is 1. The van der Waals surface area contributed by atoms with Crippen LogP contribution in [0.15, 0.2) is 90.5 Å². The molecule has 3 aromatic carbocycles. The van der Waals surface area contributed by atoms with Crippen LogP contribution in [0.5, 0.6) is 0 Å². The van der Waals surface area contributed by atoms with E-state index in [-0.39, 0.29) is 11.9 Å². The van der Waals surface area contributed by atoms with Crippen molar-refractivity contribution < 1.29 is 9.18 Å². The molecule has 2 atom stereocenters. The summed E-state index contributed by atoms with van der Waals surface area (Å²) >= 11 is 0. The second-order valence-electron chi connectivity index (χ2n) is 12.0. The van der Waals surface area contributed by atoms with Crippen molar-refractivity contribution in [3.8, 4) is 0 Å². The van der Waals surface area contributed by atoms with Crippen molar-refractivity contribution in [1.29, 1.82) is 0 Å². The molecule has 0 aromatic heterocycles. The molecule has 3 nitrogen and oxygen atoms in total. The van der Waals surface area contributed by atoms with Gasteiger partial charge in [-0.1, -0.05) is 106 Å². The average Bonchev–Trinajstić information content (AvgIpc) is 3.00. The Morgan fingerprint density at radius 2 is 1.72 bits per heavy atom. The third-order valence-electron chi connectivity index (χ3n) is 8.47. The van der Waals surface area contributed by atoms with Gasteiger partial charge in [-0.05, 0) is 104 Å². The summed E-state index contributed by atoms with van der Waals surface area (Å²) in [6.45, 7) is 18.7. The van der Waals surface area contributed by atoms with Gasteiger partial charge in [-0.2, -0.15) is 0 Å². The summed E-state index contributed by atoms with van der Waals surface area (Å²) in [7, 11) is 0. The minimum atomic E-state index is -1.42. The van der Waals surface area contributed by atoms with Gasteiger partial charge < -0.3 is 5.73 Å². The third kappa shape index (κ3) is 8.76. The molecule has 4 heteroatoms. The number of nitrogens with two attached hydrogens (primary N) is 1. The Morgan fingerprint density at radius 1 is 1.02 bits per heavy atom. The van der Waals surface area contributed by atoms with Crippen LogP contribution < -0.4 is 5.73 Å². The minimum absolute atomic E-state index is 0.0116. The van der Waals surface area contributed by atoms with Gasteiger partial charge in [0.25, 0.3) is 0 Å². The molecule has 1 aliphatic rings. The fourth-order valence-electron chi connectivity index (χ4n) is 6.02. The van der Waals surface area contributed by atoms with Crippen molar-refractivity contribution in [1.82, 2.24) is 4.90 Å². The van der Waals surface area contributed by atoms with Gasteiger partial charge in [0.15, 0.2) is 0 Å². The topological polar surface area (TPSA) is 46.3 Å². The second kappa shape index (κ2) is 15.3. The lowest BCUT2D eigenvalue weighted by molar-refractivity contribution is -0.123. The van der Waals surface area contributed by atoms with E-state index in [0.717, 1.165) is 54.5 Å². The van der Waals surface area contributed by atoms with Crippen molar-refractivity contribution in [3.05, 3.63) is 129 Å². The van der Waals surface area contributed by atoms with Gasteiger partial charge in [0.1, 0.15) is 11.7 Å². The van der Waals surface area contributed by atoms with Crippen LogP contribution in [0.2, 0.25) is 0 Å². The number of aryl methyl sites for hydroxylation is 4. The quantitative estimate of drug-likeness (QED) is 0.245. The lowest BCUT2D eigenvalue weighted by Crippen LogP contribution is -2.49. The van der Waals surface area contributed by atoms with Crippen molar-refractivity contribution in [2.24, 2.45) is 5.73 Å². The van der Waals surface area contributed by atoms with Crippen molar-refractivity contribution in [3.63, 3.8) is 0 Å². The molecule has 1 aliphatic heterocycles. The van der Waals surface area contributed by atoms with E-state index in [9.17, 15) is 9.18 Å². The first-order valence-corrected chi connectivity index (χ1v) is 15.9. The predicted molar refractivity (Wildman–Crippen MR) is 180 cm³/mol. The molecule has 2 N–H and O–H groups in total. The first-order valence-electron chi connectivity index (χ1n) is 15.9. The molecule has 0 fully saturated rings. The first-order chi connectivity index (χ1) is 20.5. The zero-order chi connectivity index (χ0) is 31.7. The molecule has 1 heterocycles. The highest BCUT2D eigenvalue weighted by atomic mass is 19.1. The van der Waals surface area contributed by atoms with Crippen LogP contribution in [0.1, 0.15) is 92.9 Å². The molecule has 0 radical (unpaired) electrons. The van der Waals surface area contributed by atoms with Crippen LogP contribution in [-0.4, -0.2) is 23.4 Å². The van der Waals surface area contributed by atoms with Crippen LogP contribution >= 0.6 is 0 Å². The molecule has 230 valence electrons. The highest BCUT2D eigenvalue weighted by Gasteiger charge is 2.34. The third-order valence-corrected chi connectivity index (χ3v) is 8.47. The molecule has 0 bridgehead atoms. The van der Waals surface area contributed by atoms with E-state index < -0.39 is 11.7 Å². The van der Waals surface area contributed by atoms with Crippen LogP contribution in [0.25, 0.3) is 0 Å². The number of carbonyl (C=O) groups is 1. The summed E-state index contributed by atoms with van der Waals surface area (Å²) < 4.78 is 14.6. The molecular weight excluding hydrogens is 531 g/mol. The molecule has 0 aliphatic carbocycles. The smallest absolute Gasteiger partial charge is 0.239 e. The van der Waals surface area contributed by atoms with E-state index >= 15 is 0 Å². The van der Waals surface area contributed by atoms with E-state index in [4.69, 9.17) is 5.73 Å². The number of hydrogen-bond acceptors (Lipinski definition) is 2. The SMILES string of the molecule is C=C(Cc1cccc(C(C)(C)F)c1)C1=CCCN(C(C)c2ccc(CCc3ccc(C)cc3CC)cc2)C1C(N)=O.CC. The Bertz CT molecular complexity index is 1410. The lowest BCUT2D eigenvalue weighted by atomic mass is 9.87. The van der Waals surface area contributed by atoms with Crippen molar-refractivity contribution >= 4 is 5.91 Å². The molecule has 1 amide bonds. The first kappa shape index (κ1) is 34.0. The van der Waals surface area contributed by atoms with E-state index in [1.165, 1.54) is 22.3 Å². The van der Waals surface area contributed by atoms with Gasteiger partial charge in [0.05, 0.1) is 0 Å². The monoisotopic (exact) mass is 582 g/mol. The van der Waals surface area contributed by atoms with Crippen molar-refractivity contribution in [2.45, 2.75) is 98.3 Å². The summed E-state index contributed by atoms with van der Waals surface area (Å²) in [5.74, 6) is -0.371.